The SMILES string of the molecule is CCC(O)CN.O. The molecule has 7 heavy (non-hydrogen) atoms. The highest BCUT2D eigenvalue weighted by molar-refractivity contribution is 4.48. The first-order valence-corrected chi connectivity index (χ1v) is 2.19. The van der Waals surface area contributed by atoms with Crippen molar-refractivity contribution in [2.45, 2.75) is 19.4 Å². The highest BCUT2D eigenvalue weighted by atomic mass is 16.3. The largest absolute Gasteiger partial charge is 0.412 e. The maximum absolute atomic E-state index is 8.54. The molecule has 0 aliphatic heterocycles. The van der Waals surface area contributed by atoms with Gasteiger partial charge in [-0.05, 0) is 6.42 Å². The summed E-state index contributed by atoms with van der Waals surface area (Å²) in [4.78, 5) is 0. The number of hydrogen-bond donors (Lipinski definition) is 2. The number of aliphatic hydroxyl groups is 1. The van der Waals surface area contributed by atoms with Gasteiger partial charge in [0.2, 0.25) is 0 Å². The molecule has 0 aromatic heterocycles. The Morgan fingerprint density at radius 3 is 2.14 bits per heavy atom. The third-order valence-corrected chi connectivity index (χ3v) is 0.743. The molecule has 0 saturated heterocycles. The summed E-state index contributed by atoms with van der Waals surface area (Å²) in [5.41, 5.74) is 5.03. The average molecular weight is 107 g/mol. The Labute approximate surface area is 43.4 Å². The first-order valence-electron chi connectivity index (χ1n) is 2.19. The van der Waals surface area contributed by atoms with Crippen LogP contribution in [0.5, 0.6) is 0 Å². The summed E-state index contributed by atoms with van der Waals surface area (Å²) in [6.07, 6.45) is 0.473. The van der Waals surface area contributed by atoms with E-state index < -0.39 is 0 Å². The molecule has 3 heteroatoms. The van der Waals surface area contributed by atoms with Crippen molar-refractivity contribution in [2.75, 3.05) is 6.54 Å². The monoisotopic (exact) mass is 107 g/mol. The lowest BCUT2D eigenvalue weighted by Crippen LogP contribution is -2.17. The zero-order valence-electron chi connectivity index (χ0n) is 4.52. The lowest BCUT2D eigenvalue weighted by Gasteiger charge is -1.98. The second kappa shape index (κ2) is 5.88. The van der Waals surface area contributed by atoms with E-state index in [0.717, 1.165) is 6.42 Å². The molecule has 1 atom stereocenters. The first-order chi connectivity index (χ1) is 2.81. The fraction of sp³-hybridized carbons (Fsp3) is 1.00. The number of nitrogens with two attached hydrogens (primary N) is 1. The van der Waals surface area contributed by atoms with Crippen molar-refractivity contribution in [2.24, 2.45) is 5.73 Å². The molecule has 0 saturated carbocycles. The van der Waals surface area contributed by atoms with E-state index in [1.54, 1.807) is 0 Å². The van der Waals surface area contributed by atoms with Crippen LogP contribution in [-0.4, -0.2) is 23.2 Å². The average Bonchev–Trinajstić information content (AvgIpc) is 1.65. The van der Waals surface area contributed by atoms with Gasteiger partial charge < -0.3 is 16.3 Å². The summed E-state index contributed by atoms with van der Waals surface area (Å²) in [6, 6.07) is 0. The summed E-state index contributed by atoms with van der Waals surface area (Å²) in [7, 11) is 0. The Morgan fingerprint density at radius 2 is 2.14 bits per heavy atom. The smallest absolute Gasteiger partial charge is 0.0659 e. The molecule has 1 unspecified atom stereocenters. The van der Waals surface area contributed by atoms with Crippen LogP contribution in [0.15, 0.2) is 0 Å². The molecular formula is C4H13NO2. The van der Waals surface area contributed by atoms with Gasteiger partial charge in [0, 0.05) is 6.54 Å². The lowest BCUT2D eigenvalue weighted by atomic mass is 10.3. The third kappa shape index (κ3) is 5.88. The van der Waals surface area contributed by atoms with Gasteiger partial charge in [0.15, 0.2) is 0 Å². The topological polar surface area (TPSA) is 77.8 Å². The molecule has 0 aromatic carbocycles. The minimum Gasteiger partial charge on any atom is -0.412 e. The molecule has 46 valence electrons. The van der Waals surface area contributed by atoms with Crippen molar-refractivity contribution in [3.8, 4) is 0 Å². The van der Waals surface area contributed by atoms with Gasteiger partial charge in [-0.25, -0.2) is 0 Å². The Kier molecular flexibility index (Phi) is 8.39. The van der Waals surface area contributed by atoms with Crippen LogP contribution in [0.1, 0.15) is 13.3 Å². The van der Waals surface area contributed by atoms with Gasteiger partial charge in [0.1, 0.15) is 0 Å². The van der Waals surface area contributed by atoms with Crippen LogP contribution >= 0.6 is 0 Å². The third-order valence-electron chi connectivity index (χ3n) is 0.743. The number of hydrogen-bond acceptors (Lipinski definition) is 2. The van der Waals surface area contributed by atoms with E-state index in [-0.39, 0.29) is 11.6 Å². The first kappa shape index (κ1) is 9.99. The van der Waals surface area contributed by atoms with Gasteiger partial charge in [-0.1, -0.05) is 6.92 Å². The van der Waals surface area contributed by atoms with Gasteiger partial charge in [-0.2, -0.15) is 0 Å². The molecule has 0 spiro atoms. The summed E-state index contributed by atoms with van der Waals surface area (Å²) in [5, 5.41) is 8.54. The van der Waals surface area contributed by atoms with Crippen LogP contribution in [0.3, 0.4) is 0 Å². The summed E-state index contributed by atoms with van der Waals surface area (Å²) >= 11 is 0. The molecule has 0 aromatic rings. The summed E-state index contributed by atoms with van der Waals surface area (Å²) in [6.45, 7) is 2.29. The zero-order valence-corrected chi connectivity index (χ0v) is 4.52. The van der Waals surface area contributed by atoms with E-state index in [0.29, 0.717) is 6.54 Å². The predicted molar refractivity (Wildman–Crippen MR) is 29.0 cm³/mol. The molecule has 0 aliphatic carbocycles. The highest BCUT2D eigenvalue weighted by Gasteiger charge is 1.90. The molecule has 0 fully saturated rings. The zero-order chi connectivity index (χ0) is 4.99. The molecule has 0 radical (unpaired) electrons. The van der Waals surface area contributed by atoms with E-state index >= 15 is 0 Å². The quantitative estimate of drug-likeness (QED) is 0.469. The van der Waals surface area contributed by atoms with Gasteiger partial charge in [0.05, 0.1) is 6.10 Å². The van der Waals surface area contributed by atoms with Crippen LogP contribution in [0.25, 0.3) is 0 Å². The molecule has 0 heterocycles. The molecule has 5 N–H and O–H groups in total. The Hall–Kier alpha value is -0.120. The van der Waals surface area contributed by atoms with Crippen LogP contribution in [0, 0.1) is 0 Å². The summed E-state index contributed by atoms with van der Waals surface area (Å²) in [5.74, 6) is 0. The fourth-order valence-corrected chi connectivity index (χ4v) is 0.167. The van der Waals surface area contributed by atoms with Crippen molar-refractivity contribution in [1.29, 1.82) is 0 Å². The van der Waals surface area contributed by atoms with E-state index in [1.807, 2.05) is 6.92 Å². The van der Waals surface area contributed by atoms with E-state index in [4.69, 9.17) is 10.8 Å². The van der Waals surface area contributed by atoms with Crippen LogP contribution < -0.4 is 5.73 Å². The number of rotatable bonds is 2. The molecule has 0 amide bonds. The fourth-order valence-electron chi connectivity index (χ4n) is 0.167. The Morgan fingerprint density at radius 1 is 1.71 bits per heavy atom. The lowest BCUT2D eigenvalue weighted by molar-refractivity contribution is 0.179. The van der Waals surface area contributed by atoms with Gasteiger partial charge in [-0.3, -0.25) is 0 Å². The van der Waals surface area contributed by atoms with Crippen molar-refractivity contribution in [3.05, 3.63) is 0 Å². The Bertz CT molecular complexity index is 28.9. The Balaban J connectivity index is 0. The molecular weight excluding hydrogens is 94.0 g/mol. The van der Waals surface area contributed by atoms with E-state index in [9.17, 15) is 0 Å². The van der Waals surface area contributed by atoms with Crippen molar-refractivity contribution < 1.29 is 10.6 Å². The molecule has 0 rings (SSSR count). The van der Waals surface area contributed by atoms with Gasteiger partial charge >= 0.3 is 0 Å². The highest BCUT2D eigenvalue weighted by Crippen LogP contribution is 1.81. The normalized spacial score (nSPS) is 12.4. The van der Waals surface area contributed by atoms with Crippen molar-refractivity contribution in [1.82, 2.24) is 0 Å². The second-order valence-corrected chi connectivity index (χ2v) is 1.30. The van der Waals surface area contributed by atoms with Gasteiger partial charge in [-0.15, -0.1) is 0 Å². The number of aliphatic hydroxyl groups excluding tert-OH is 1. The van der Waals surface area contributed by atoms with Crippen LogP contribution in [0.2, 0.25) is 0 Å². The second-order valence-electron chi connectivity index (χ2n) is 1.30. The molecule has 3 nitrogen and oxygen atoms in total. The van der Waals surface area contributed by atoms with Crippen LogP contribution in [-0.2, 0) is 0 Å². The van der Waals surface area contributed by atoms with E-state index in [2.05, 4.69) is 0 Å². The molecule has 0 aliphatic rings. The predicted octanol–water partition coefficient (Wildman–Crippen LogP) is -1.11. The minimum absolute atomic E-state index is 0. The standard InChI is InChI=1S/C4H11NO.H2O/c1-2-4(6)3-5;/h4,6H,2-3,5H2,1H3;1H2. The van der Waals surface area contributed by atoms with Gasteiger partial charge in [0.25, 0.3) is 0 Å². The van der Waals surface area contributed by atoms with Crippen LogP contribution in [0.4, 0.5) is 0 Å². The minimum atomic E-state index is -0.287. The van der Waals surface area contributed by atoms with Crippen molar-refractivity contribution >= 4 is 0 Å². The maximum atomic E-state index is 8.54. The molecule has 0 bridgehead atoms. The maximum Gasteiger partial charge on any atom is 0.0659 e. The van der Waals surface area contributed by atoms with Crippen molar-refractivity contribution in [3.63, 3.8) is 0 Å². The van der Waals surface area contributed by atoms with E-state index in [1.165, 1.54) is 0 Å². The summed E-state index contributed by atoms with van der Waals surface area (Å²) < 4.78 is 0.